The number of alkyl halides is 5. The minimum Gasteiger partial charge on any atom is -0.170 e. The van der Waals surface area contributed by atoms with Crippen molar-refractivity contribution < 1.29 is 22.0 Å². The molecule has 0 radical (unpaired) electrons. The second-order valence-corrected chi connectivity index (χ2v) is 3.32. The quantitative estimate of drug-likeness (QED) is 0.782. The summed E-state index contributed by atoms with van der Waals surface area (Å²) in [6.07, 6.45) is -5.77. The molecule has 1 heterocycles. The van der Waals surface area contributed by atoms with Crippen LogP contribution in [0.25, 0.3) is 11.4 Å². The van der Waals surface area contributed by atoms with Crippen molar-refractivity contribution >= 4 is 0 Å². The summed E-state index contributed by atoms with van der Waals surface area (Å²) < 4.78 is 62.4. The van der Waals surface area contributed by atoms with E-state index in [0.29, 0.717) is 0 Å². The monoisotopic (exact) mass is 264 g/mol. The van der Waals surface area contributed by atoms with Crippen molar-refractivity contribution in [2.24, 2.45) is 0 Å². The van der Waals surface area contributed by atoms with Crippen LogP contribution in [-0.2, 0) is 6.05 Å². The summed E-state index contributed by atoms with van der Waals surface area (Å²) in [6, 6.07) is 2.02. The van der Waals surface area contributed by atoms with E-state index < -0.39 is 22.7 Å². The number of hydrogen-bond acceptors (Lipinski definition) is 3. The van der Waals surface area contributed by atoms with Gasteiger partial charge in [0.15, 0.2) is 5.82 Å². The number of nitrogens with zero attached hydrogens (tertiary/aromatic N) is 4. The van der Waals surface area contributed by atoms with Crippen molar-refractivity contribution in [2.75, 3.05) is 0 Å². The first kappa shape index (κ1) is 12.4. The van der Waals surface area contributed by atoms with Gasteiger partial charge >= 0.3 is 12.2 Å². The highest BCUT2D eigenvalue weighted by atomic mass is 19.4. The van der Waals surface area contributed by atoms with Gasteiger partial charge in [-0.2, -0.15) is 26.6 Å². The molecule has 1 aromatic carbocycles. The lowest BCUT2D eigenvalue weighted by atomic mass is 10.2. The van der Waals surface area contributed by atoms with Crippen LogP contribution in [0.2, 0.25) is 0 Å². The van der Waals surface area contributed by atoms with E-state index in [-0.39, 0.29) is 5.56 Å². The molecule has 0 amide bonds. The zero-order valence-corrected chi connectivity index (χ0v) is 8.57. The van der Waals surface area contributed by atoms with E-state index >= 15 is 0 Å². The van der Waals surface area contributed by atoms with Gasteiger partial charge < -0.3 is 0 Å². The number of halogens is 5. The molecule has 2 aromatic rings. The van der Waals surface area contributed by atoms with Crippen molar-refractivity contribution in [3.63, 3.8) is 0 Å². The molecule has 0 saturated heterocycles. The summed E-state index contributed by atoms with van der Waals surface area (Å²) >= 11 is 0. The van der Waals surface area contributed by atoms with E-state index in [1.807, 2.05) is 0 Å². The molecule has 0 saturated carbocycles. The zero-order valence-electron chi connectivity index (χ0n) is 8.57. The molecule has 2 rings (SSSR count). The second kappa shape index (κ2) is 4.00. The van der Waals surface area contributed by atoms with Crippen LogP contribution < -0.4 is 0 Å². The Morgan fingerprint density at radius 2 is 1.56 bits per heavy atom. The van der Waals surface area contributed by atoms with Crippen molar-refractivity contribution in [1.29, 1.82) is 0 Å². The highest BCUT2D eigenvalue weighted by Crippen LogP contribution is 2.40. The Bertz CT molecular complexity index is 533. The maximum atomic E-state index is 13.1. The molecule has 4 nitrogen and oxygen atoms in total. The summed E-state index contributed by atoms with van der Waals surface area (Å²) in [5.41, 5.74) is 0.0615. The van der Waals surface area contributed by atoms with Gasteiger partial charge in [0.25, 0.3) is 0 Å². The average Bonchev–Trinajstić information content (AvgIpc) is 2.78. The summed E-state index contributed by atoms with van der Waals surface area (Å²) in [5, 5.41) is 8.77. The zero-order chi connectivity index (χ0) is 13.4. The molecule has 0 N–H and O–H groups in total. The highest BCUT2D eigenvalue weighted by Gasteiger charge is 2.61. The van der Waals surface area contributed by atoms with Gasteiger partial charge in [0, 0.05) is 5.56 Å². The van der Waals surface area contributed by atoms with E-state index in [9.17, 15) is 22.0 Å². The topological polar surface area (TPSA) is 43.6 Å². The van der Waals surface area contributed by atoms with E-state index in [1.54, 1.807) is 6.07 Å². The smallest absolute Gasteiger partial charge is 0.170 e. The lowest BCUT2D eigenvalue weighted by molar-refractivity contribution is -0.328. The van der Waals surface area contributed by atoms with Gasteiger partial charge in [0.2, 0.25) is 0 Å². The molecule has 0 aliphatic carbocycles. The second-order valence-electron chi connectivity index (χ2n) is 3.32. The molecule has 9 heteroatoms. The Hall–Kier alpha value is -2.06. The van der Waals surface area contributed by atoms with Crippen LogP contribution in [0.15, 0.2) is 30.3 Å². The molecule has 0 unspecified atom stereocenters. The Balaban J connectivity index is 2.53. The van der Waals surface area contributed by atoms with E-state index in [0.717, 1.165) is 0 Å². The van der Waals surface area contributed by atoms with Gasteiger partial charge in [-0.15, -0.1) is 5.10 Å². The van der Waals surface area contributed by atoms with Crippen LogP contribution in [-0.4, -0.2) is 26.4 Å². The lowest BCUT2D eigenvalue weighted by Gasteiger charge is -2.19. The first-order chi connectivity index (χ1) is 8.34. The Kier molecular flexibility index (Phi) is 2.76. The molecule has 0 aliphatic heterocycles. The summed E-state index contributed by atoms with van der Waals surface area (Å²) in [4.78, 5) is 0. The van der Waals surface area contributed by atoms with Gasteiger partial charge in [0.1, 0.15) is 0 Å². The van der Waals surface area contributed by atoms with Gasteiger partial charge in [-0.05, 0) is 10.4 Å². The Morgan fingerprint density at radius 3 is 2.11 bits per heavy atom. The first-order valence-electron chi connectivity index (χ1n) is 4.63. The fourth-order valence-electron chi connectivity index (χ4n) is 1.26. The molecule has 0 aliphatic rings. The van der Waals surface area contributed by atoms with Gasteiger partial charge in [-0.3, -0.25) is 0 Å². The van der Waals surface area contributed by atoms with Crippen molar-refractivity contribution in [2.45, 2.75) is 12.2 Å². The molecule has 96 valence electrons. The lowest BCUT2D eigenvalue weighted by Crippen LogP contribution is -2.40. The van der Waals surface area contributed by atoms with Crippen LogP contribution in [0, 0.1) is 0 Å². The first-order valence-corrected chi connectivity index (χ1v) is 4.63. The number of rotatable bonds is 2. The molecule has 0 atom stereocenters. The summed E-state index contributed by atoms with van der Waals surface area (Å²) in [5.74, 6) is -0.655. The third kappa shape index (κ3) is 1.91. The van der Waals surface area contributed by atoms with Gasteiger partial charge in [-0.25, -0.2) is 0 Å². The number of aromatic nitrogens is 4. The number of hydrogen-bond donors (Lipinski definition) is 0. The number of tetrazole rings is 1. The van der Waals surface area contributed by atoms with Gasteiger partial charge in [0.05, 0.1) is 0 Å². The Labute approximate surface area is 97.0 Å². The largest absolute Gasteiger partial charge is 0.477 e. The SMILES string of the molecule is FC(F)(F)C(F)(F)n1nnnc1-c1ccccc1. The fraction of sp³-hybridized carbons (Fsp3) is 0.222. The average molecular weight is 264 g/mol. The molecule has 0 spiro atoms. The molecular weight excluding hydrogens is 259 g/mol. The third-order valence-corrected chi connectivity index (χ3v) is 2.11. The third-order valence-electron chi connectivity index (χ3n) is 2.11. The highest BCUT2D eigenvalue weighted by molar-refractivity contribution is 5.54. The van der Waals surface area contributed by atoms with E-state index in [4.69, 9.17) is 0 Å². The van der Waals surface area contributed by atoms with E-state index in [1.165, 1.54) is 24.3 Å². The predicted molar refractivity (Wildman–Crippen MR) is 49.5 cm³/mol. The minimum absolute atomic E-state index is 0.0615. The molecule has 0 bridgehead atoms. The van der Waals surface area contributed by atoms with Crippen molar-refractivity contribution in [1.82, 2.24) is 20.2 Å². The number of benzene rings is 1. The standard InChI is InChI=1S/C9H5F5N4/c10-8(11,12)9(13,14)18-7(15-16-17-18)6-4-2-1-3-5-6/h1-5H. The molecule has 0 fully saturated rings. The minimum atomic E-state index is -5.77. The maximum absolute atomic E-state index is 13.1. The van der Waals surface area contributed by atoms with Crippen LogP contribution in [0.5, 0.6) is 0 Å². The van der Waals surface area contributed by atoms with Crippen LogP contribution >= 0.6 is 0 Å². The maximum Gasteiger partial charge on any atom is 0.477 e. The molecule has 18 heavy (non-hydrogen) atoms. The normalized spacial score (nSPS) is 12.7. The summed E-state index contributed by atoms with van der Waals surface area (Å²) in [6.45, 7) is 0. The van der Waals surface area contributed by atoms with E-state index in [2.05, 4.69) is 15.5 Å². The van der Waals surface area contributed by atoms with Crippen LogP contribution in [0.3, 0.4) is 0 Å². The Morgan fingerprint density at radius 1 is 0.944 bits per heavy atom. The van der Waals surface area contributed by atoms with Crippen LogP contribution in [0.1, 0.15) is 0 Å². The predicted octanol–water partition coefficient (Wildman–Crippen LogP) is 2.45. The van der Waals surface area contributed by atoms with Crippen molar-refractivity contribution in [3.8, 4) is 11.4 Å². The summed E-state index contributed by atoms with van der Waals surface area (Å²) in [7, 11) is 0. The van der Waals surface area contributed by atoms with Crippen molar-refractivity contribution in [3.05, 3.63) is 30.3 Å². The molecular formula is C9H5F5N4. The molecule has 1 aromatic heterocycles. The van der Waals surface area contributed by atoms with Crippen LogP contribution in [0.4, 0.5) is 22.0 Å². The van der Waals surface area contributed by atoms with Gasteiger partial charge in [-0.1, -0.05) is 30.3 Å². The fourth-order valence-corrected chi connectivity index (χ4v) is 1.26.